The maximum atomic E-state index is 12.8. The number of nitrogens with one attached hydrogen (secondary N) is 1. The minimum atomic E-state index is -0.458. The highest BCUT2D eigenvalue weighted by atomic mass is 32.1. The highest BCUT2D eigenvalue weighted by molar-refractivity contribution is 7.10. The maximum absolute atomic E-state index is 12.8. The predicted octanol–water partition coefficient (Wildman–Crippen LogP) is 3.08. The van der Waals surface area contributed by atoms with Crippen molar-refractivity contribution in [2.24, 2.45) is 5.92 Å². The van der Waals surface area contributed by atoms with Crippen molar-refractivity contribution in [2.45, 2.75) is 25.9 Å². The first-order valence-electron chi connectivity index (χ1n) is 8.28. The molecule has 0 aliphatic carbocycles. The number of anilines is 1. The summed E-state index contributed by atoms with van der Waals surface area (Å²) in [5, 5.41) is 14.4. The molecule has 1 unspecified atom stereocenters. The maximum Gasteiger partial charge on any atom is 0.258 e. The molecule has 1 aromatic heterocycles. The van der Waals surface area contributed by atoms with Crippen molar-refractivity contribution in [2.75, 3.05) is 25.5 Å². The van der Waals surface area contributed by atoms with Crippen molar-refractivity contribution in [1.82, 2.24) is 9.27 Å². The number of aryl methyl sites for hydroxylation is 1. The standard InChI is InChI=1S/C18H23N3O2S/c1-12-15(17(19-2)24-20-12)18(23)21-10-8-14(9-11-21)16(22)13-6-4-3-5-7-13/h3-7,14,16,19,22H,8-11H2,1-2H3. The molecular weight excluding hydrogens is 322 g/mol. The Labute approximate surface area is 146 Å². The van der Waals surface area contributed by atoms with Crippen LogP contribution in [-0.2, 0) is 0 Å². The average molecular weight is 345 g/mol. The van der Waals surface area contributed by atoms with Crippen LogP contribution in [0.15, 0.2) is 30.3 Å². The third kappa shape index (κ3) is 3.30. The average Bonchev–Trinajstić information content (AvgIpc) is 3.02. The molecule has 1 saturated heterocycles. The molecule has 0 spiro atoms. The van der Waals surface area contributed by atoms with Crippen LogP contribution >= 0.6 is 11.5 Å². The molecule has 1 aromatic carbocycles. The Morgan fingerprint density at radius 2 is 2.00 bits per heavy atom. The zero-order valence-corrected chi connectivity index (χ0v) is 14.8. The molecule has 5 nitrogen and oxygen atoms in total. The van der Waals surface area contributed by atoms with Gasteiger partial charge < -0.3 is 15.3 Å². The van der Waals surface area contributed by atoms with Crippen LogP contribution < -0.4 is 5.32 Å². The van der Waals surface area contributed by atoms with Gasteiger partial charge in [-0.1, -0.05) is 30.3 Å². The van der Waals surface area contributed by atoms with E-state index < -0.39 is 6.10 Å². The number of likely N-dealkylation sites (tertiary alicyclic amines) is 1. The number of carbonyl (C=O) groups excluding carboxylic acids is 1. The van der Waals surface area contributed by atoms with Gasteiger partial charge in [-0.05, 0) is 42.8 Å². The van der Waals surface area contributed by atoms with E-state index in [0.717, 1.165) is 29.1 Å². The molecule has 1 fully saturated rings. The third-order valence-electron chi connectivity index (χ3n) is 4.72. The summed E-state index contributed by atoms with van der Waals surface area (Å²) in [7, 11) is 1.81. The fraction of sp³-hybridized carbons (Fsp3) is 0.444. The molecule has 0 radical (unpaired) electrons. The third-order valence-corrected chi connectivity index (χ3v) is 5.67. The van der Waals surface area contributed by atoms with Crippen LogP contribution in [0.2, 0.25) is 0 Å². The molecule has 1 aliphatic rings. The van der Waals surface area contributed by atoms with Crippen LogP contribution in [0.25, 0.3) is 0 Å². The Kier molecular flexibility index (Phi) is 5.16. The van der Waals surface area contributed by atoms with Gasteiger partial charge in [0, 0.05) is 20.1 Å². The van der Waals surface area contributed by atoms with Gasteiger partial charge in [0.15, 0.2) is 0 Å². The molecule has 2 N–H and O–H groups in total. The van der Waals surface area contributed by atoms with Crippen LogP contribution in [-0.4, -0.2) is 40.4 Å². The van der Waals surface area contributed by atoms with Gasteiger partial charge in [-0.3, -0.25) is 4.79 Å². The van der Waals surface area contributed by atoms with E-state index in [2.05, 4.69) is 9.69 Å². The molecule has 1 atom stereocenters. The highest BCUT2D eigenvalue weighted by Crippen LogP contribution is 2.32. The summed E-state index contributed by atoms with van der Waals surface area (Å²) in [5.41, 5.74) is 2.42. The van der Waals surface area contributed by atoms with Crippen molar-refractivity contribution in [3.8, 4) is 0 Å². The first-order valence-corrected chi connectivity index (χ1v) is 9.05. The van der Waals surface area contributed by atoms with E-state index in [1.807, 2.05) is 49.2 Å². The summed E-state index contributed by atoms with van der Waals surface area (Å²) in [5.74, 6) is 0.236. The van der Waals surface area contributed by atoms with Gasteiger partial charge in [-0.2, -0.15) is 4.37 Å². The number of piperidine rings is 1. The lowest BCUT2D eigenvalue weighted by Crippen LogP contribution is -2.40. The fourth-order valence-electron chi connectivity index (χ4n) is 3.29. The van der Waals surface area contributed by atoms with E-state index >= 15 is 0 Å². The highest BCUT2D eigenvalue weighted by Gasteiger charge is 2.30. The first kappa shape index (κ1) is 16.9. The molecule has 1 aliphatic heterocycles. The number of hydrogen-bond donors (Lipinski definition) is 2. The summed E-state index contributed by atoms with van der Waals surface area (Å²) in [6, 6.07) is 9.77. The Morgan fingerprint density at radius 3 is 2.62 bits per heavy atom. The van der Waals surface area contributed by atoms with Gasteiger partial charge in [0.2, 0.25) is 0 Å². The van der Waals surface area contributed by atoms with E-state index in [0.29, 0.717) is 18.7 Å². The number of benzene rings is 1. The molecule has 3 rings (SSSR count). The minimum Gasteiger partial charge on any atom is -0.388 e. The number of carbonyl (C=O) groups is 1. The van der Waals surface area contributed by atoms with Crippen LogP contribution in [0.3, 0.4) is 0 Å². The topological polar surface area (TPSA) is 65.5 Å². The SMILES string of the molecule is CNc1snc(C)c1C(=O)N1CCC(C(O)c2ccccc2)CC1. The zero-order valence-electron chi connectivity index (χ0n) is 14.0. The second kappa shape index (κ2) is 7.32. The lowest BCUT2D eigenvalue weighted by molar-refractivity contribution is 0.0462. The Morgan fingerprint density at radius 1 is 1.33 bits per heavy atom. The lowest BCUT2D eigenvalue weighted by atomic mass is 9.87. The van der Waals surface area contributed by atoms with Crippen LogP contribution in [0.4, 0.5) is 5.00 Å². The van der Waals surface area contributed by atoms with Gasteiger partial charge in [-0.25, -0.2) is 0 Å². The van der Waals surface area contributed by atoms with Crippen LogP contribution in [0.1, 0.15) is 40.6 Å². The van der Waals surface area contributed by atoms with Gasteiger partial charge >= 0.3 is 0 Å². The normalized spacial score (nSPS) is 16.9. The summed E-state index contributed by atoms with van der Waals surface area (Å²) < 4.78 is 4.28. The van der Waals surface area contributed by atoms with Crippen LogP contribution in [0, 0.1) is 12.8 Å². The molecule has 0 saturated carbocycles. The molecule has 128 valence electrons. The Balaban J connectivity index is 1.65. The Bertz CT molecular complexity index is 694. The second-order valence-electron chi connectivity index (χ2n) is 6.21. The molecule has 1 amide bonds. The Hall–Kier alpha value is -1.92. The number of hydrogen-bond acceptors (Lipinski definition) is 5. The van der Waals surface area contributed by atoms with Crippen molar-refractivity contribution in [1.29, 1.82) is 0 Å². The first-order chi connectivity index (χ1) is 11.6. The van der Waals surface area contributed by atoms with Gasteiger partial charge in [0.25, 0.3) is 5.91 Å². The summed E-state index contributed by atoms with van der Waals surface area (Å²) in [6.45, 7) is 3.22. The summed E-state index contributed by atoms with van der Waals surface area (Å²) in [6.07, 6.45) is 1.17. The number of rotatable bonds is 4. The monoisotopic (exact) mass is 345 g/mol. The predicted molar refractivity (Wildman–Crippen MR) is 96.4 cm³/mol. The van der Waals surface area contributed by atoms with E-state index in [4.69, 9.17) is 0 Å². The van der Waals surface area contributed by atoms with Crippen LogP contribution in [0.5, 0.6) is 0 Å². The molecule has 2 heterocycles. The molecule has 24 heavy (non-hydrogen) atoms. The van der Waals surface area contributed by atoms with Crippen molar-refractivity contribution >= 4 is 22.4 Å². The quantitative estimate of drug-likeness (QED) is 0.894. The largest absolute Gasteiger partial charge is 0.388 e. The second-order valence-corrected chi connectivity index (χ2v) is 6.98. The smallest absolute Gasteiger partial charge is 0.258 e. The van der Waals surface area contributed by atoms with E-state index in [-0.39, 0.29) is 11.8 Å². The van der Waals surface area contributed by atoms with Gasteiger partial charge in [0.05, 0.1) is 17.4 Å². The number of amides is 1. The lowest BCUT2D eigenvalue weighted by Gasteiger charge is -2.34. The molecule has 6 heteroatoms. The number of aliphatic hydroxyl groups is 1. The molecule has 0 bridgehead atoms. The van der Waals surface area contributed by atoms with Crippen molar-refractivity contribution in [3.05, 3.63) is 47.2 Å². The van der Waals surface area contributed by atoms with Crippen molar-refractivity contribution in [3.63, 3.8) is 0 Å². The van der Waals surface area contributed by atoms with Gasteiger partial charge in [-0.15, -0.1) is 0 Å². The number of aliphatic hydroxyl groups excluding tert-OH is 1. The minimum absolute atomic E-state index is 0.0400. The van der Waals surface area contributed by atoms with Crippen molar-refractivity contribution < 1.29 is 9.90 Å². The number of aromatic nitrogens is 1. The number of nitrogens with zero attached hydrogens (tertiary/aromatic N) is 2. The van der Waals surface area contributed by atoms with Gasteiger partial charge in [0.1, 0.15) is 5.00 Å². The summed E-state index contributed by atoms with van der Waals surface area (Å²) >= 11 is 1.32. The zero-order chi connectivity index (χ0) is 17.1. The van der Waals surface area contributed by atoms with E-state index in [9.17, 15) is 9.90 Å². The molecule has 2 aromatic rings. The van der Waals surface area contributed by atoms with E-state index in [1.54, 1.807) is 0 Å². The summed E-state index contributed by atoms with van der Waals surface area (Å²) in [4.78, 5) is 14.7. The van der Waals surface area contributed by atoms with E-state index in [1.165, 1.54) is 11.5 Å². The molecular formula is C18H23N3O2S. The fourth-order valence-corrected chi connectivity index (χ4v) is 4.03.